The van der Waals surface area contributed by atoms with Gasteiger partial charge in [0.15, 0.2) is 0 Å². The number of benzene rings is 2. The zero-order valence-corrected chi connectivity index (χ0v) is 12.0. The number of hydrogen-bond donors (Lipinski definition) is 2. The van der Waals surface area contributed by atoms with Gasteiger partial charge in [0.2, 0.25) is 5.91 Å². The summed E-state index contributed by atoms with van der Waals surface area (Å²) in [5, 5.41) is 3.23. The summed E-state index contributed by atoms with van der Waals surface area (Å²) in [4.78, 5) is 12.1. The summed E-state index contributed by atoms with van der Waals surface area (Å²) in [6, 6.07) is 11.2. The van der Waals surface area contributed by atoms with Crippen LogP contribution in [0.1, 0.15) is 0 Å². The van der Waals surface area contributed by atoms with Gasteiger partial charge in [0, 0.05) is 21.3 Å². The van der Waals surface area contributed by atoms with Crippen molar-refractivity contribution in [3.05, 3.63) is 53.3 Å². The molecule has 0 aliphatic heterocycles. The highest BCUT2D eigenvalue weighted by molar-refractivity contribution is 8.00. The van der Waals surface area contributed by atoms with Gasteiger partial charge < -0.3 is 11.1 Å². The first kappa shape index (κ1) is 14.7. The Morgan fingerprint density at radius 3 is 2.80 bits per heavy atom. The predicted octanol–water partition coefficient (Wildman–Crippen LogP) is 3.79. The summed E-state index contributed by atoms with van der Waals surface area (Å²) >= 11 is 6.93. The molecule has 0 atom stereocenters. The molecule has 0 aromatic heterocycles. The number of halogens is 2. The molecule has 0 aliphatic rings. The predicted molar refractivity (Wildman–Crippen MR) is 81.6 cm³/mol. The van der Waals surface area contributed by atoms with Crippen LogP contribution in [0.15, 0.2) is 47.4 Å². The van der Waals surface area contributed by atoms with Gasteiger partial charge in [-0.1, -0.05) is 17.7 Å². The number of carbonyl (C=O) groups is 1. The van der Waals surface area contributed by atoms with Gasteiger partial charge in [-0.05, 0) is 36.4 Å². The largest absolute Gasteiger partial charge is 0.399 e. The van der Waals surface area contributed by atoms with Crippen LogP contribution in [0.4, 0.5) is 15.8 Å². The Hall–Kier alpha value is -1.72. The van der Waals surface area contributed by atoms with Crippen molar-refractivity contribution in [1.29, 1.82) is 0 Å². The second-order valence-electron chi connectivity index (χ2n) is 4.04. The Morgan fingerprint density at radius 1 is 1.30 bits per heavy atom. The van der Waals surface area contributed by atoms with E-state index in [4.69, 9.17) is 17.3 Å². The normalized spacial score (nSPS) is 10.3. The molecule has 3 nitrogen and oxygen atoms in total. The summed E-state index contributed by atoms with van der Waals surface area (Å²) in [5.41, 5.74) is 6.43. The first-order valence-corrected chi connectivity index (χ1v) is 7.14. The summed E-state index contributed by atoms with van der Waals surface area (Å²) in [5.74, 6) is -0.549. The SMILES string of the molecule is Nc1ccc(SCC(=O)Nc2cccc(Cl)c2)c(F)c1. The van der Waals surface area contributed by atoms with Gasteiger partial charge in [0.05, 0.1) is 5.75 Å². The Kier molecular flexibility index (Phi) is 4.87. The third kappa shape index (κ3) is 4.15. The van der Waals surface area contributed by atoms with Crippen LogP contribution < -0.4 is 11.1 Å². The summed E-state index contributed by atoms with van der Waals surface area (Å²) in [6.07, 6.45) is 0. The number of nitrogen functional groups attached to an aromatic ring is 1. The molecule has 0 fully saturated rings. The molecule has 104 valence electrons. The summed E-state index contributed by atoms with van der Waals surface area (Å²) in [6.45, 7) is 0. The molecule has 3 N–H and O–H groups in total. The molecule has 0 saturated carbocycles. The average molecular weight is 311 g/mol. The van der Waals surface area contributed by atoms with E-state index in [2.05, 4.69) is 5.32 Å². The van der Waals surface area contributed by atoms with Crippen molar-refractivity contribution in [1.82, 2.24) is 0 Å². The summed E-state index contributed by atoms with van der Waals surface area (Å²) in [7, 11) is 0. The molecular formula is C14H12ClFN2OS. The fourth-order valence-corrected chi connectivity index (χ4v) is 2.45. The Bertz CT molecular complexity index is 636. The lowest BCUT2D eigenvalue weighted by atomic mass is 10.3. The minimum Gasteiger partial charge on any atom is -0.399 e. The molecule has 20 heavy (non-hydrogen) atoms. The maximum absolute atomic E-state index is 13.5. The van der Waals surface area contributed by atoms with Crippen LogP contribution >= 0.6 is 23.4 Å². The van der Waals surface area contributed by atoms with Crippen LogP contribution in [0.2, 0.25) is 5.02 Å². The first-order valence-electron chi connectivity index (χ1n) is 5.78. The molecule has 2 rings (SSSR count). The molecule has 2 aromatic carbocycles. The Balaban J connectivity index is 1.92. The Morgan fingerprint density at radius 2 is 2.10 bits per heavy atom. The van der Waals surface area contributed by atoms with Crippen LogP contribution in [0.25, 0.3) is 0 Å². The van der Waals surface area contributed by atoms with Gasteiger partial charge in [-0.25, -0.2) is 4.39 Å². The van der Waals surface area contributed by atoms with Crippen molar-refractivity contribution in [3.8, 4) is 0 Å². The molecule has 0 bridgehead atoms. The van der Waals surface area contributed by atoms with Gasteiger partial charge in [0.25, 0.3) is 0 Å². The lowest BCUT2D eigenvalue weighted by Crippen LogP contribution is -2.14. The third-order valence-corrected chi connectivity index (χ3v) is 3.71. The molecule has 6 heteroatoms. The number of carbonyl (C=O) groups excluding carboxylic acids is 1. The third-order valence-electron chi connectivity index (χ3n) is 2.42. The minimum atomic E-state index is -0.425. The Labute approximate surface area is 125 Å². The van der Waals surface area contributed by atoms with Crippen molar-refractivity contribution >= 4 is 40.6 Å². The number of rotatable bonds is 4. The van der Waals surface area contributed by atoms with Crippen molar-refractivity contribution in [2.75, 3.05) is 16.8 Å². The van der Waals surface area contributed by atoms with E-state index in [1.807, 2.05) is 0 Å². The van der Waals surface area contributed by atoms with Crippen molar-refractivity contribution < 1.29 is 9.18 Å². The van der Waals surface area contributed by atoms with Gasteiger partial charge in [-0.15, -0.1) is 11.8 Å². The first-order chi connectivity index (χ1) is 9.54. The molecule has 0 unspecified atom stereocenters. The molecule has 0 radical (unpaired) electrons. The highest BCUT2D eigenvalue weighted by Crippen LogP contribution is 2.23. The van der Waals surface area contributed by atoms with E-state index in [1.165, 1.54) is 6.07 Å². The number of nitrogens with one attached hydrogen (secondary N) is 1. The van der Waals surface area contributed by atoms with Crippen LogP contribution in [0, 0.1) is 5.82 Å². The van der Waals surface area contributed by atoms with E-state index in [-0.39, 0.29) is 11.7 Å². The van der Waals surface area contributed by atoms with Crippen LogP contribution in [0.3, 0.4) is 0 Å². The lowest BCUT2D eigenvalue weighted by molar-refractivity contribution is -0.113. The smallest absolute Gasteiger partial charge is 0.234 e. The second kappa shape index (κ2) is 6.63. The van der Waals surface area contributed by atoms with Crippen molar-refractivity contribution in [2.45, 2.75) is 4.90 Å². The van der Waals surface area contributed by atoms with E-state index >= 15 is 0 Å². The number of thioether (sulfide) groups is 1. The van der Waals surface area contributed by atoms with Gasteiger partial charge >= 0.3 is 0 Å². The molecule has 1 amide bonds. The van der Waals surface area contributed by atoms with E-state index in [0.717, 1.165) is 11.8 Å². The van der Waals surface area contributed by atoms with E-state index < -0.39 is 5.82 Å². The number of hydrogen-bond acceptors (Lipinski definition) is 3. The maximum atomic E-state index is 13.5. The maximum Gasteiger partial charge on any atom is 0.234 e. The van der Waals surface area contributed by atoms with E-state index in [1.54, 1.807) is 36.4 Å². The summed E-state index contributed by atoms with van der Waals surface area (Å²) < 4.78 is 13.5. The fourth-order valence-electron chi connectivity index (χ4n) is 1.54. The molecule has 0 heterocycles. The monoisotopic (exact) mass is 310 g/mol. The standard InChI is InChI=1S/C14H12ClFN2OS/c15-9-2-1-3-11(6-9)18-14(19)8-20-13-5-4-10(17)7-12(13)16/h1-7H,8,17H2,(H,18,19). The fraction of sp³-hybridized carbons (Fsp3) is 0.0714. The topological polar surface area (TPSA) is 55.1 Å². The van der Waals surface area contributed by atoms with Crippen molar-refractivity contribution in [2.24, 2.45) is 0 Å². The number of amides is 1. The van der Waals surface area contributed by atoms with Gasteiger partial charge in [0.1, 0.15) is 5.82 Å². The number of anilines is 2. The minimum absolute atomic E-state index is 0.105. The highest BCUT2D eigenvalue weighted by atomic mass is 35.5. The highest BCUT2D eigenvalue weighted by Gasteiger charge is 2.07. The molecule has 0 aliphatic carbocycles. The van der Waals surface area contributed by atoms with Gasteiger partial charge in [-0.3, -0.25) is 4.79 Å². The molecular weight excluding hydrogens is 299 g/mol. The average Bonchev–Trinajstić information content (AvgIpc) is 2.37. The number of nitrogens with two attached hydrogens (primary N) is 1. The molecule has 2 aromatic rings. The molecule has 0 spiro atoms. The van der Waals surface area contributed by atoms with Crippen LogP contribution in [-0.2, 0) is 4.79 Å². The molecule has 0 saturated heterocycles. The quantitative estimate of drug-likeness (QED) is 0.667. The van der Waals surface area contributed by atoms with Gasteiger partial charge in [-0.2, -0.15) is 0 Å². The zero-order chi connectivity index (χ0) is 14.5. The lowest BCUT2D eigenvalue weighted by Gasteiger charge is -2.06. The van der Waals surface area contributed by atoms with Crippen LogP contribution in [-0.4, -0.2) is 11.7 Å². The van der Waals surface area contributed by atoms with E-state index in [9.17, 15) is 9.18 Å². The zero-order valence-electron chi connectivity index (χ0n) is 10.4. The van der Waals surface area contributed by atoms with E-state index in [0.29, 0.717) is 21.3 Å². The van der Waals surface area contributed by atoms with Crippen molar-refractivity contribution in [3.63, 3.8) is 0 Å². The van der Waals surface area contributed by atoms with Crippen LogP contribution in [0.5, 0.6) is 0 Å². The second-order valence-corrected chi connectivity index (χ2v) is 5.49.